The largest absolute Gasteiger partial charge is 0.483 e. The predicted octanol–water partition coefficient (Wildman–Crippen LogP) is 3.19. The van der Waals surface area contributed by atoms with E-state index in [1.54, 1.807) is 24.3 Å². The van der Waals surface area contributed by atoms with Crippen LogP contribution in [0.4, 0.5) is 0 Å². The number of para-hydroxylation sites is 1. The molecule has 0 aliphatic rings. The van der Waals surface area contributed by atoms with Crippen LogP contribution in [-0.4, -0.2) is 18.4 Å². The first-order valence-corrected chi connectivity index (χ1v) is 8.35. The van der Waals surface area contributed by atoms with E-state index in [0.29, 0.717) is 5.75 Å². The van der Waals surface area contributed by atoms with Crippen LogP contribution in [0.1, 0.15) is 28.9 Å². The minimum absolute atomic E-state index is 0.177. The standard InChI is InChI=1S/C21H20N2O3/c1-14(16-11-6-8-15-7-2-3-9-17(15)16)23-20(24)13-26-19-12-5-4-10-18(19)21(22)25/h2-12,14H,13H2,1H3,(H2,22,25)(H,23,24). The van der Waals surface area contributed by atoms with Crippen LogP contribution in [0, 0.1) is 0 Å². The molecule has 0 aromatic heterocycles. The Morgan fingerprint density at radius 3 is 2.50 bits per heavy atom. The zero-order valence-electron chi connectivity index (χ0n) is 14.4. The third-order valence-electron chi connectivity index (χ3n) is 4.18. The van der Waals surface area contributed by atoms with E-state index in [2.05, 4.69) is 5.32 Å². The molecule has 1 unspecified atom stereocenters. The van der Waals surface area contributed by atoms with Gasteiger partial charge in [-0.3, -0.25) is 9.59 Å². The highest BCUT2D eigenvalue weighted by Gasteiger charge is 2.14. The highest BCUT2D eigenvalue weighted by atomic mass is 16.5. The van der Waals surface area contributed by atoms with Crippen molar-refractivity contribution < 1.29 is 14.3 Å². The molecule has 132 valence electrons. The molecular formula is C21H20N2O3. The molecule has 0 aliphatic heterocycles. The average molecular weight is 348 g/mol. The first-order chi connectivity index (χ1) is 12.6. The van der Waals surface area contributed by atoms with Gasteiger partial charge in [-0.25, -0.2) is 0 Å². The molecular weight excluding hydrogens is 328 g/mol. The van der Waals surface area contributed by atoms with Crippen molar-refractivity contribution in [3.8, 4) is 5.75 Å². The third-order valence-corrected chi connectivity index (χ3v) is 4.18. The summed E-state index contributed by atoms with van der Waals surface area (Å²) in [6.07, 6.45) is 0. The van der Waals surface area contributed by atoms with Crippen molar-refractivity contribution in [1.29, 1.82) is 0 Å². The summed E-state index contributed by atoms with van der Waals surface area (Å²) in [4.78, 5) is 23.7. The van der Waals surface area contributed by atoms with E-state index in [9.17, 15) is 9.59 Å². The maximum absolute atomic E-state index is 12.3. The zero-order valence-corrected chi connectivity index (χ0v) is 14.4. The molecule has 3 aromatic rings. The Bertz CT molecular complexity index is 947. The predicted molar refractivity (Wildman–Crippen MR) is 101 cm³/mol. The highest BCUT2D eigenvalue weighted by molar-refractivity contribution is 5.95. The maximum atomic E-state index is 12.3. The Hall–Kier alpha value is -3.34. The van der Waals surface area contributed by atoms with Crippen molar-refractivity contribution in [1.82, 2.24) is 5.32 Å². The van der Waals surface area contributed by atoms with Gasteiger partial charge in [-0.15, -0.1) is 0 Å². The lowest BCUT2D eigenvalue weighted by Crippen LogP contribution is -2.31. The first kappa shape index (κ1) is 17.5. The SMILES string of the molecule is CC(NC(=O)COc1ccccc1C(N)=O)c1cccc2ccccc12. The summed E-state index contributed by atoms with van der Waals surface area (Å²) < 4.78 is 5.47. The van der Waals surface area contributed by atoms with Crippen molar-refractivity contribution in [3.05, 3.63) is 77.9 Å². The number of carbonyl (C=O) groups excluding carboxylic acids is 2. The van der Waals surface area contributed by atoms with Crippen LogP contribution in [-0.2, 0) is 4.79 Å². The van der Waals surface area contributed by atoms with Crippen LogP contribution >= 0.6 is 0 Å². The van der Waals surface area contributed by atoms with E-state index in [0.717, 1.165) is 16.3 Å². The fraction of sp³-hybridized carbons (Fsp3) is 0.143. The number of nitrogens with one attached hydrogen (secondary N) is 1. The number of amides is 2. The Balaban J connectivity index is 1.67. The van der Waals surface area contributed by atoms with E-state index in [-0.39, 0.29) is 24.1 Å². The first-order valence-electron chi connectivity index (χ1n) is 8.35. The van der Waals surface area contributed by atoms with Crippen molar-refractivity contribution in [2.24, 2.45) is 5.73 Å². The van der Waals surface area contributed by atoms with Gasteiger partial charge in [0.15, 0.2) is 6.61 Å². The number of primary amides is 1. The average Bonchev–Trinajstić information content (AvgIpc) is 2.66. The van der Waals surface area contributed by atoms with Crippen LogP contribution in [0.25, 0.3) is 10.8 Å². The third kappa shape index (κ3) is 3.83. The summed E-state index contributed by atoms with van der Waals surface area (Å²) in [5.74, 6) is -0.567. The van der Waals surface area contributed by atoms with Gasteiger partial charge in [0, 0.05) is 0 Å². The van der Waals surface area contributed by atoms with Gasteiger partial charge in [-0.1, -0.05) is 54.6 Å². The molecule has 3 rings (SSSR count). The summed E-state index contributed by atoms with van der Waals surface area (Å²) in [7, 11) is 0. The number of benzene rings is 3. The van der Waals surface area contributed by atoms with Gasteiger partial charge in [-0.2, -0.15) is 0 Å². The minimum Gasteiger partial charge on any atom is -0.483 e. The molecule has 3 N–H and O–H groups in total. The topological polar surface area (TPSA) is 81.4 Å². The van der Waals surface area contributed by atoms with E-state index in [1.165, 1.54) is 0 Å². The molecule has 26 heavy (non-hydrogen) atoms. The fourth-order valence-corrected chi connectivity index (χ4v) is 2.93. The molecule has 2 amide bonds. The lowest BCUT2D eigenvalue weighted by molar-refractivity contribution is -0.123. The van der Waals surface area contributed by atoms with Gasteiger partial charge >= 0.3 is 0 Å². The Morgan fingerprint density at radius 1 is 1.00 bits per heavy atom. The molecule has 0 saturated heterocycles. The summed E-state index contributed by atoms with van der Waals surface area (Å²) in [5.41, 5.74) is 6.60. The Labute approximate surface area is 151 Å². The second kappa shape index (κ2) is 7.70. The van der Waals surface area contributed by atoms with Crippen LogP contribution in [0.2, 0.25) is 0 Å². The van der Waals surface area contributed by atoms with Gasteiger partial charge in [0.2, 0.25) is 0 Å². The Morgan fingerprint density at radius 2 is 1.69 bits per heavy atom. The summed E-state index contributed by atoms with van der Waals surface area (Å²) in [6.45, 7) is 1.73. The van der Waals surface area contributed by atoms with Crippen LogP contribution < -0.4 is 15.8 Å². The molecule has 5 heteroatoms. The molecule has 0 heterocycles. The van der Waals surface area contributed by atoms with Gasteiger partial charge in [0.1, 0.15) is 5.75 Å². The molecule has 0 bridgehead atoms. The second-order valence-electron chi connectivity index (χ2n) is 6.01. The summed E-state index contributed by atoms with van der Waals surface area (Å²) in [5, 5.41) is 5.15. The Kier molecular flexibility index (Phi) is 5.17. The second-order valence-corrected chi connectivity index (χ2v) is 6.01. The number of hydrogen-bond acceptors (Lipinski definition) is 3. The van der Waals surface area contributed by atoms with E-state index < -0.39 is 5.91 Å². The van der Waals surface area contributed by atoms with Crippen molar-refractivity contribution in [3.63, 3.8) is 0 Å². The number of hydrogen-bond donors (Lipinski definition) is 2. The number of fused-ring (bicyclic) bond motifs is 1. The monoisotopic (exact) mass is 348 g/mol. The molecule has 3 aromatic carbocycles. The van der Waals surface area contributed by atoms with Crippen molar-refractivity contribution in [2.45, 2.75) is 13.0 Å². The van der Waals surface area contributed by atoms with Gasteiger partial charge in [0.25, 0.3) is 11.8 Å². The minimum atomic E-state index is -0.592. The van der Waals surface area contributed by atoms with Crippen LogP contribution in [0.15, 0.2) is 66.7 Å². The van der Waals surface area contributed by atoms with Crippen LogP contribution in [0.5, 0.6) is 5.75 Å². The summed E-state index contributed by atoms with van der Waals surface area (Å²) in [6, 6.07) is 20.5. The maximum Gasteiger partial charge on any atom is 0.258 e. The lowest BCUT2D eigenvalue weighted by Gasteiger charge is -2.17. The molecule has 0 radical (unpaired) electrons. The molecule has 0 aliphatic carbocycles. The number of carbonyl (C=O) groups is 2. The van der Waals surface area contributed by atoms with Gasteiger partial charge in [-0.05, 0) is 35.4 Å². The van der Waals surface area contributed by atoms with Crippen molar-refractivity contribution >= 4 is 22.6 Å². The van der Waals surface area contributed by atoms with E-state index >= 15 is 0 Å². The fourth-order valence-electron chi connectivity index (χ4n) is 2.93. The molecule has 1 atom stereocenters. The molecule has 0 spiro atoms. The highest BCUT2D eigenvalue weighted by Crippen LogP contribution is 2.24. The van der Waals surface area contributed by atoms with Crippen LogP contribution in [0.3, 0.4) is 0 Å². The normalized spacial score (nSPS) is 11.7. The molecule has 5 nitrogen and oxygen atoms in total. The number of ether oxygens (including phenoxy) is 1. The quantitative estimate of drug-likeness (QED) is 0.718. The van der Waals surface area contributed by atoms with E-state index in [1.807, 2.05) is 49.4 Å². The van der Waals surface area contributed by atoms with Gasteiger partial charge < -0.3 is 15.8 Å². The molecule has 0 fully saturated rings. The van der Waals surface area contributed by atoms with Crippen molar-refractivity contribution in [2.75, 3.05) is 6.61 Å². The summed E-state index contributed by atoms with van der Waals surface area (Å²) >= 11 is 0. The smallest absolute Gasteiger partial charge is 0.258 e. The lowest BCUT2D eigenvalue weighted by atomic mass is 10.00. The number of nitrogens with two attached hydrogens (primary N) is 1. The zero-order chi connectivity index (χ0) is 18.5. The van der Waals surface area contributed by atoms with E-state index in [4.69, 9.17) is 10.5 Å². The number of rotatable bonds is 6. The van der Waals surface area contributed by atoms with Gasteiger partial charge in [0.05, 0.1) is 11.6 Å². The molecule has 0 saturated carbocycles.